The lowest BCUT2D eigenvalue weighted by molar-refractivity contribution is 0.747. The minimum atomic E-state index is 0.758. The van der Waals surface area contributed by atoms with E-state index in [1.807, 2.05) is 13.8 Å². The highest BCUT2D eigenvalue weighted by molar-refractivity contribution is 5.00. The van der Waals surface area contributed by atoms with Gasteiger partial charge in [0, 0.05) is 0 Å². The summed E-state index contributed by atoms with van der Waals surface area (Å²) in [4.78, 5) is 0. The van der Waals surface area contributed by atoms with Gasteiger partial charge in [-0.25, -0.2) is 0 Å². The van der Waals surface area contributed by atoms with Gasteiger partial charge in [0.05, 0.1) is 0 Å². The molecule has 1 aliphatic rings. The molecule has 0 fully saturated rings. The zero-order valence-electron chi connectivity index (χ0n) is 7.30. The average Bonchev–Trinajstić information content (AvgIpc) is 2.21. The second kappa shape index (κ2) is 6.60. The fraction of sp³-hybridized carbons (Fsp3) is 0.600. The van der Waals surface area contributed by atoms with E-state index in [4.69, 9.17) is 0 Å². The van der Waals surface area contributed by atoms with Gasteiger partial charge in [0.15, 0.2) is 0 Å². The van der Waals surface area contributed by atoms with Gasteiger partial charge in [-0.15, -0.1) is 0 Å². The summed E-state index contributed by atoms with van der Waals surface area (Å²) in [6.45, 7) is 6.24. The molecule has 1 aliphatic carbocycles. The molecule has 0 amide bonds. The SMILES string of the molecule is CC.CC1C=CCC=CC1. The number of hydrogen-bond acceptors (Lipinski definition) is 0. The zero-order chi connectivity index (χ0) is 7.82. The molecule has 0 aromatic heterocycles. The molecule has 0 aromatic carbocycles. The molecule has 0 nitrogen and oxygen atoms in total. The first-order valence-electron chi connectivity index (χ1n) is 4.21. The van der Waals surface area contributed by atoms with Gasteiger partial charge in [-0.2, -0.15) is 0 Å². The molecule has 1 rings (SSSR count). The number of hydrogen-bond donors (Lipinski definition) is 0. The summed E-state index contributed by atoms with van der Waals surface area (Å²) in [6.07, 6.45) is 11.3. The van der Waals surface area contributed by atoms with Gasteiger partial charge in [-0.3, -0.25) is 0 Å². The predicted octanol–water partition coefficient (Wildman–Crippen LogP) is 3.55. The molecule has 0 aliphatic heterocycles. The molecule has 0 spiro atoms. The van der Waals surface area contributed by atoms with E-state index in [2.05, 4.69) is 31.2 Å². The molecule has 10 heavy (non-hydrogen) atoms. The maximum absolute atomic E-state index is 2.28. The lowest BCUT2D eigenvalue weighted by Crippen LogP contribution is -1.82. The average molecular weight is 138 g/mol. The van der Waals surface area contributed by atoms with Crippen LogP contribution in [0.5, 0.6) is 0 Å². The zero-order valence-corrected chi connectivity index (χ0v) is 7.30. The van der Waals surface area contributed by atoms with Crippen LogP contribution in [0.15, 0.2) is 24.3 Å². The van der Waals surface area contributed by atoms with Gasteiger partial charge in [-0.05, 0) is 18.8 Å². The Morgan fingerprint density at radius 3 is 2.50 bits per heavy atom. The monoisotopic (exact) mass is 138 g/mol. The molecule has 0 radical (unpaired) electrons. The normalized spacial score (nSPS) is 22.9. The van der Waals surface area contributed by atoms with Crippen LogP contribution in [0.2, 0.25) is 0 Å². The van der Waals surface area contributed by atoms with E-state index in [9.17, 15) is 0 Å². The van der Waals surface area contributed by atoms with E-state index in [-0.39, 0.29) is 0 Å². The van der Waals surface area contributed by atoms with Gasteiger partial charge < -0.3 is 0 Å². The van der Waals surface area contributed by atoms with Crippen molar-refractivity contribution in [3.05, 3.63) is 24.3 Å². The molecule has 0 heterocycles. The number of allylic oxidation sites excluding steroid dienone is 4. The van der Waals surface area contributed by atoms with Crippen LogP contribution in [0, 0.1) is 5.92 Å². The van der Waals surface area contributed by atoms with E-state index in [0.717, 1.165) is 12.3 Å². The van der Waals surface area contributed by atoms with Crippen molar-refractivity contribution in [3.63, 3.8) is 0 Å². The second-order valence-electron chi connectivity index (χ2n) is 2.35. The summed E-state index contributed by atoms with van der Waals surface area (Å²) in [7, 11) is 0. The van der Waals surface area contributed by atoms with Crippen molar-refractivity contribution in [2.75, 3.05) is 0 Å². The van der Waals surface area contributed by atoms with Crippen molar-refractivity contribution in [1.29, 1.82) is 0 Å². The van der Waals surface area contributed by atoms with Crippen molar-refractivity contribution in [2.24, 2.45) is 5.92 Å². The minimum absolute atomic E-state index is 0.758. The van der Waals surface area contributed by atoms with Gasteiger partial charge in [0.2, 0.25) is 0 Å². The molecule has 1 atom stereocenters. The van der Waals surface area contributed by atoms with Crippen molar-refractivity contribution in [1.82, 2.24) is 0 Å². The lowest BCUT2D eigenvalue weighted by Gasteiger charge is -1.95. The molecule has 0 aromatic rings. The minimum Gasteiger partial charge on any atom is -0.0877 e. The van der Waals surface area contributed by atoms with Crippen LogP contribution in [0.4, 0.5) is 0 Å². The van der Waals surface area contributed by atoms with E-state index < -0.39 is 0 Å². The summed E-state index contributed by atoms with van der Waals surface area (Å²) < 4.78 is 0. The highest BCUT2D eigenvalue weighted by atomic mass is 14.0. The van der Waals surface area contributed by atoms with Crippen LogP contribution in [-0.2, 0) is 0 Å². The summed E-state index contributed by atoms with van der Waals surface area (Å²) in [6, 6.07) is 0. The van der Waals surface area contributed by atoms with Crippen molar-refractivity contribution < 1.29 is 0 Å². The van der Waals surface area contributed by atoms with E-state index in [1.54, 1.807) is 0 Å². The van der Waals surface area contributed by atoms with Gasteiger partial charge in [-0.1, -0.05) is 45.1 Å². The Labute approximate surface area is 64.6 Å². The molecule has 0 bridgehead atoms. The molecule has 0 saturated carbocycles. The van der Waals surface area contributed by atoms with E-state index in [0.29, 0.717) is 0 Å². The third kappa shape index (κ3) is 4.37. The van der Waals surface area contributed by atoms with Crippen LogP contribution < -0.4 is 0 Å². The fourth-order valence-corrected chi connectivity index (χ4v) is 0.875. The van der Waals surface area contributed by atoms with E-state index >= 15 is 0 Å². The molecule has 0 N–H and O–H groups in total. The maximum Gasteiger partial charge on any atom is -0.0169 e. The maximum atomic E-state index is 2.28. The Morgan fingerprint density at radius 1 is 1.10 bits per heavy atom. The molecular weight excluding hydrogens is 120 g/mol. The third-order valence-corrected chi connectivity index (χ3v) is 1.41. The first-order valence-corrected chi connectivity index (χ1v) is 4.21. The first-order chi connectivity index (χ1) is 4.89. The standard InChI is InChI=1S/C8H12.C2H6/c1-8-6-4-2-3-5-7-8;1-2/h2,4-5,7-8H,3,6H2,1H3;1-2H3. The topological polar surface area (TPSA) is 0 Å². The summed E-state index contributed by atoms with van der Waals surface area (Å²) in [5.41, 5.74) is 0. The van der Waals surface area contributed by atoms with Crippen LogP contribution >= 0.6 is 0 Å². The summed E-state index contributed by atoms with van der Waals surface area (Å²) in [5.74, 6) is 0.758. The first kappa shape index (κ1) is 9.48. The Hall–Kier alpha value is -0.520. The van der Waals surface area contributed by atoms with Crippen LogP contribution in [-0.4, -0.2) is 0 Å². The van der Waals surface area contributed by atoms with Crippen molar-refractivity contribution in [2.45, 2.75) is 33.6 Å². The fourth-order valence-electron chi connectivity index (χ4n) is 0.875. The highest BCUT2D eigenvalue weighted by Crippen LogP contribution is 2.08. The van der Waals surface area contributed by atoms with Crippen molar-refractivity contribution >= 4 is 0 Å². The Kier molecular flexibility index (Phi) is 6.25. The van der Waals surface area contributed by atoms with Crippen LogP contribution in [0.3, 0.4) is 0 Å². The van der Waals surface area contributed by atoms with Crippen LogP contribution in [0.25, 0.3) is 0 Å². The Morgan fingerprint density at radius 2 is 1.80 bits per heavy atom. The molecule has 1 unspecified atom stereocenters. The van der Waals surface area contributed by atoms with Crippen LogP contribution in [0.1, 0.15) is 33.6 Å². The lowest BCUT2D eigenvalue weighted by atomic mass is 10.1. The summed E-state index contributed by atoms with van der Waals surface area (Å²) in [5, 5.41) is 0. The molecular formula is C10H18. The number of rotatable bonds is 0. The largest absolute Gasteiger partial charge is 0.0877 e. The van der Waals surface area contributed by atoms with E-state index in [1.165, 1.54) is 6.42 Å². The molecule has 0 heteroatoms. The smallest absolute Gasteiger partial charge is 0.0169 e. The summed E-state index contributed by atoms with van der Waals surface area (Å²) >= 11 is 0. The third-order valence-electron chi connectivity index (χ3n) is 1.41. The van der Waals surface area contributed by atoms with Crippen molar-refractivity contribution in [3.8, 4) is 0 Å². The Bertz CT molecular complexity index is 109. The second-order valence-corrected chi connectivity index (χ2v) is 2.35. The quantitative estimate of drug-likeness (QED) is 0.449. The van der Waals surface area contributed by atoms with Gasteiger partial charge in [0.25, 0.3) is 0 Å². The Balaban J connectivity index is 0.000000371. The molecule has 0 saturated heterocycles. The highest BCUT2D eigenvalue weighted by Gasteiger charge is 1.93. The predicted molar refractivity (Wildman–Crippen MR) is 48.0 cm³/mol. The molecule has 58 valence electrons. The van der Waals surface area contributed by atoms with Gasteiger partial charge in [0.1, 0.15) is 0 Å². The van der Waals surface area contributed by atoms with Gasteiger partial charge >= 0.3 is 0 Å².